The van der Waals surface area contributed by atoms with Gasteiger partial charge in [0.05, 0.1) is 0 Å². The summed E-state index contributed by atoms with van der Waals surface area (Å²) in [4.78, 5) is 11.1. The summed E-state index contributed by atoms with van der Waals surface area (Å²) >= 11 is 1.50. The Morgan fingerprint density at radius 1 is 1.19 bits per heavy atom. The van der Waals surface area contributed by atoms with Crippen LogP contribution in [0.4, 0.5) is 0 Å². The minimum absolute atomic E-state index is 0.239. The minimum Gasteiger partial charge on any atom is -0.385 e. The molecule has 3 heteroatoms. The van der Waals surface area contributed by atoms with Gasteiger partial charge >= 0.3 is 0 Å². The largest absolute Gasteiger partial charge is 0.385 e. The van der Waals surface area contributed by atoms with Gasteiger partial charge in [-0.25, -0.2) is 0 Å². The van der Waals surface area contributed by atoms with E-state index in [1.807, 2.05) is 0 Å². The van der Waals surface area contributed by atoms with Crippen molar-refractivity contribution in [3.8, 4) is 0 Å². The molecule has 0 aliphatic rings. The molecule has 0 aromatic carbocycles. The van der Waals surface area contributed by atoms with E-state index in [1.54, 1.807) is 14.0 Å². The zero-order valence-corrected chi connectivity index (χ0v) is 12.1. The molecule has 0 aromatic rings. The first-order chi connectivity index (χ1) is 7.47. The lowest BCUT2D eigenvalue weighted by molar-refractivity contribution is -0.109. The van der Waals surface area contributed by atoms with Crippen LogP contribution in [0, 0.1) is 11.8 Å². The van der Waals surface area contributed by atoms with Gasteiger partial charge in [-0.05, 0) is 31.1 Å². The molecule has 2 nitrogen and oxygen atoms in total. The highest BCUT2D eigenvalue weighted by Crippen LogP contribution is 2.26. The summed E-state index contributed by atoms with van der Waals surface area (Å²) in [7, 11) is 1.75. The number of hydrogen-bond acceptors (Lipinski definition) is 3. The van der Waals surface area contributed by atoms with Crippen molar-refractivity contribution in [3.63, 3.8) is 0 Å². The number of methoxy groups -OCH3 is 1. The maximum absolute atomic E-state index is 11.1. The molecule has 2 atom stereocenters. The van der Waals surface area contributed by atoms with Crippen molar-refractivity contribution in [1.29, 1.82) is 0 Å². The lowest BCUT2D eigenvalue weighted by Gasteiger charge is -2.20. The standard InChI is InChI=1S/C13H26O2S/c1-10(2)13(16-12(4)14)7-6-11(3)8-9-15-5/h10-11,13H,6-9H2,1-5H3. The van der Waals surface area contributed by atoms with E-state index in [0.717, 1.165) is 19.4 Å². The Labute approximate surface area is 105 Å². The van der Waals surface area contributed by atoms with Gasteiger partial charge in [0, 0.05) is 25.9 Å². The van der Waals surface area contributed by atoms with Gasteiger partial charge in [0.2, 0.25) is 0 Å². The normalized spacial score (nSPS) is 15.1. The zero-order chi connectivity index (χ0) is 12.6. The number of thioether (sulfide) groups is 1. The topological polar surface area (TPSA) is 26.3 Å². The molecule has 2 unspecified atom stereocenters. The molecule has 0 heterocycles. The molecule has 0 saturated carbocycles. The first-order valence-electron chi connectivity index (χ1n) is 6.13. The van der Waals surface area contributed by atoms with Crippen molar-refractivity contribution >= 4 is 16.9 Å². The molecule has 0 aliphatic carbocycles. The van der Waals surface area contributed by atoms with Crippen molar-refractivity contribution < 1.29 is 9.53 Å². The Morgan fingerprint density at radius 3 is 2.25 bits per heavy atom. The van der Waals surface area contributed by atoms with Crippen LogP contribution in [0.3, 0.4) is 0 Å². The fourth-order valence-corrected chi connectivity index (χ4v) is 2.61. The Hall–Kier alpha value is -0.0200. The van der Waals surface area contributed by atoms with Crippen molar-refractivity contribution in [2.24, 2.45) is 11.8 Å². The molecule has 0 amide bonds. The van der Waals surface area contributed by atoms with E-state index in [0.29, 0.717) is 17.1 Å². The number of ether oxygens (including phenoxy) is 1. The van der Waals surface area contributed by atoms with E-state index in [4.69, 9.17) is 4.74 Å². The van der Waals surface area contributed by atoms with Crippen LogP contribution >= 0.6 is 11.8 Å². The average molecular weight is 246 g/mol. The molecule has 0 fully saturated rings. The lowest BCUT2D eigenvalue weighted by atomic mass is 9.97. The van der Waals surface area contributed by atoms with E-state index < -0.39 is 0 Å². The van der Waals surface area contributed by atoms with Crippen molar-refractivity contribution in [2.45, 2.75) is 52.2 Å². The molecule has 0 N–H and O–H groups in total. The molecule has 0 saturated heterocycles. The molecule has 0 aromatic heterocycles. The molecule has 0 aliphatic heterocycles. The van der Waals surface area contributed by atoms with Crippen LogP contribution in [0.25, 0.3) is 0 Å². The number of rotatable bonds is 8. The predicted octanol–water partition coefficient (Wildman–Crippen LogP) is 3.74. The zero-order valence-electron chi connectivity index (χ0n) is 11.3. The van der Waals surface area contributed by atoms with Crippen LogP contribution in [0.15, 0.2) is 0 Å². The second kappa shape index (κ2) is 9.06. The van der Waals surface area contributed by atoms with Crippen LogP contribution in [0.2, 0.25) is 0 Å². The average Bonchev–Trinajstić information content (AvgIpc) is 2.20. The highest BCUT2D eigenvalue weighted by Gasteiger charge is 2.17. The van der Waals surface area contributed by atoms with Gasteiger partial charge in [0.15, 0.2) is 5.12 Å². The Morgan fingerprint density at radius 2 is 1.81 bits per heavy atom. The highest BCUT2D eigenvalue weighted by molar-refractivity contribution is 8.14. The van der Waals surface area contributed by atoms with Crippen LogP contribution in [-0.4, -0.2) is 24.1 Å². The Balaban J connectivity index is 3.87. The van der Waals surface area contributed by atoms with Gasteiger partial charge in [-0.15, -0.1) is 0 Å². The van der Waals surface area contributed by atoms with E-state index >= 15 is 0 Å². The van der Waals surface area contributed by atoms with E-state index in [-0.39, 0.29) is 5.12 Å². The van der Waals surface area contributed by atoms with Gasteiger partial charge in [-0.3, -0.25) is 4.79 Å². The molecule has 0 bridgehead atoms. The van der Waals surface area contributed by atoms with Gasteiger partial charge in [0.25, 0.3) is 0 Å². The summed E-state index contributed by atoms with van der Waals surface area (Å²) in [5, 5.41) is 0.714. The third kappa shape index (κ3) is 8.17. The van der Waals surface area contributed by atoms with Crippen LogP contribution in [0.1, 0.15) is 47.0 Å². The quantitative estimate of drug-likeness (QED) is 0.652. The molecule has 16 heavy (non-hydrogen) atoms. The molecule has 96 valence electrons. The summed E-state index contributed by atoms with van der Waals surface area (Å²) < 4.78 is 5.07. The fraction of sp³-hybridized carbons (Fsp3) is 0.923. The second-order valence-corrected chi connectivity index (χ2v) is 6.27. The maximum atomic E-state index is 11.1. The highest BCUT2D eigenvalue weighted by atomic mass is 32.2. The first kappa shape index (κ1) is 16.0. The summed E-state index contributed by atoms with van der Waals surface area (Å²) in [5.74, 6) is 1.26. The molecule has 0 radical (unpaired) electrons. The lowest BCUT2D eigenvalue weighted by Crippen LogP contribution is -2.15. The molecular weight excluding hydrogens is 220 g/mol. The minimum atomic E-state index is 0.239. The monoisotopic (exact) mass is 246 g/mol. The molecule has 0 spiro atoms. The fourth-order valence-electron chi connectivity index (χ4n) is 1.65. The van der Waals surface area contributed by atoms with Crippen LogP contribution < -0.4 is 0 Å². The third-order valence-corrected chi connectivity index (χ3v) is 4.23. The molecular formula is C13H26O2S. The first-order valence-corrected chi connectivity index (χ1v) is 7.01. The van der Waals surface area contributed by atoms with E-state index in [9.17, 15) is 4.79 Å². The maximum Gasteiger partial charge on any atom is 0.186 e. The second-order valence-electron chi connectivity index (χ2n) is 4.86. The SMILES string of the molecule is COCCC(C)CCC(SC(C)=O)C(C)C. The number of hydrogen-bond donors (Lipinski definition) is 0. The molecule has 0 rings (SSSR count). The number of carbonyl (C=O) groups is 1. The van der Waals surface area contributed by atoms with Gasteiger partial charge < -0.3 is 4.74 Å². The van der Waals surface area contributed by atoms with E-state index in [2.05, 4.69) is 20.8 Å². The smallest absolute Gasteiger partial charge is 0.186 e. The summed E-state index contributed by atoms with van der Waals surface area (Å²) in [6, 6.07) is 0. The third-order valence-electron chi connectivity index (χ3n) is 2.82. The summed E-state index contributed by atoms with van der Waals surface area (Å²) in [6.45, 7) is 9.15. The Bertz CT molecular complexity index is 192. The van der Waals surface area contributed by atoms with Crippen molar-refractivity contribution in [3.05, 3.63) is 0 Å². The van der Waals surface area contributed by atoms with Crippen molar-refractivity contribution in [1.82, 2.24) is 0 Å². The van der Waals surface area contributed by atoms with E-state index in [1.165, 1.54) is 18.2 Å². The van der Waals surface area contributed by atoms with Crippen molar-refractivity contribution in [2.75, 3.05) is 13.7 Å². The van der Waals surface area contributed by atoms with Crippen LogP contribution in [-0.2, 0) is 9.53 Å². The van der Waals surface area contributed by atoms with Crippen LogP contribution in [0.5, 0.6) is 0 Å². The van der Waals surface area contributed by atoms with Gasteiger partial charge in [-0.2, -0.15) is 0 Å². The predicted molar refractivity (Wildman–Crippen MR) is 71.8 cm³/mol. The summed E-state index contributed by atoms with van der Waals surface area (Å²) in [5.41, 5.74) is 0. The van der Waals surface area contributed by atoms with Gasteiger partial charge in [0.1, 0.15) is 0 Å². The number of carbonyl (C=O) groups excluding carboxylic acids is 1. The Kier molecular flexibility index (Phi) is 9.04. The van der Waals surface area contributed by atoms with Gasteiger partial charge in [-0.1, -0.05) is 32.5 Å². The summed E-state index contributed by atoms with van der Waals surface area (Å²) in [6.07, 6.45) is 3.44.